The van der Waals surface area contributed by atoms with Gasteiger partial charge in [-0.05, 0) is 70.8 Å². The zero-order valence-electron chi connectivity index (χ0n) is 25.6. The average molecular weight is 623 g/mol. The van der Waals surface area contributed by atoms with E-state index < -0.39 is 0 Å². The average Bonchev–Trinajstić information content (AvgIpc) is 3.63. The fraction of sp³-hybridized carbons (Fsp3) is 0.0244. The quantitative estimate of drug-likeness (QED) is 0.177. The van der Waals surface area contributed by atoms with Gasteiger partial charge in [0.2, 0.25) is 0 Å². The summed E-state index contributed by atoms with van der Waals surface area (Å²) in [4.78, 5) is 20.1. The molecule has 0 atom stereocenters. The van der Waals surface area contributed by atoms with Gasteiger partial charge in [0.05, 0.1) is 91.4 Å². The van der Waals surface area contributed by atoms with Crippen LogP contribution in [0.4, 0.5) is 0 Å². The van der Waals surface area contributed by atoms with Crippen LogP contribution in [0.2, 0.25) is 0 Å². The first-order chi connectivity index (χ1) is 24.0. The lowest BCUT2D eigenvalue weighted by atomic mass is 9.96. The highest BCUT2D eigenvalue weighted by atomic mass is 14.9. The number of allylic oxidation sites excluding steroid dienone is 9. The molecule has 2 aromatic heterocycles. The fourth-order valence-corrected chi connectivity index (χ4v) is 6.94. The third-order valence-corrected chi connectivity index (χ3v) is 9.36. The monoisotopic (exact) mass is 622 g/mol. The first-order valence-corrected chi connectivity index (χ1v) is 15.4. The molecule has 0 saturated heterocycles. The molecule has 3 aliphatic carbocycles. The van der Waals surface area contributed by atoms with E-state index in [-0.39, 0.29) is 0 Å². The third-order valence-electron chi connectivity index (χ3n) is 9.36. The molecule has 222 valence electrons. The van der Waals surface area contributed by atoms with Crippen LogP contribution < -0.4 is 0 Å². The van der Waals surface area contributed by atoms with E-state index >= 15 is 0 Å². The van der Waals surface area contributed by atoms with Gasteiger partial charge >= 0.3 is 0 Å². The van der Waals surface area contributed by atoms with Crippen LogP contribution in [-0.2, 0) is 0 Å². The SMILES string of the molecule is C=C1/C(C#N)=C\C=C2/C/C(=C\C=C/1C#N)c1nc3cc(-c4ccc5nc6c(nc5c4)-c4ccc(C#N)c5c(C#N)ccc-6c45)ccc3nc12. The summed E-state index contributed by atoms with van der Waals surface area (Å²) in [7, 11) is 0. The lowest BCUT2D eigenvalue weighted by Crippen LogP contribution is -1.95. The molecule has 0 amide bonds. The minimum atomic E-state index is 0.325. The van der Waals surface area contributed by atoms with Gasteiger partial charge in [-0.3, -0.25) is 0 Å². The zero-order chi connectivity index (χ0) is 33.4. The van der Waals surface area contributed by atoms with Crippen LogP contribution in [0.1, 0.15) is 28.9 Å². The summed E-state index contributed by atoms with van der Waals surface area (Å²) in [6.45, 7) is 3.96. The van der Waals surface area contributed by atoms with Crippen molar-refractivity contribution >= 4 is 44.0 Å². The second kappa shape index (κ2) is 10.2. The summed E-state index contributed by atoms with van der Waals surface area (Å²) in [6.07, 6.45) is 7.71. The van der Waals surface area contributed by atoms with Gasteiger partial charge in [0.25, 0.3) is 0 Å². The predicted molar refractivity (Wildman–Crippen MR) is 187 cm³/mol. The Morgan fingerprint density at radius 3 is 1.45 bits per heavy atom. The number of fused-ring (bicyclic) bond motifs is 10. The molecule has 2 bridgehead atoms. The van der Waals surface area contributed by atoms with Gasteiger partial charge < -0.3 is 0 Å². The summed E-state index contributed by atoms with van der Waals surface area (Å²) in [5.41, 5.74) is 13.3. The molecule has 3 aliphatic rings. The van der Waals surface area contributed by atoms with E-state index in [0.29, 0.717) is 39.7 Å². The molecule has 0 aliphatic heterocycles. The molecule has 8 heteroatoms. The van der Waals surface area contributed by atoms with Crippen molar-refractivity contribution in [3.05, 3.63) is 131 Å². The van der Waals surface area contributed by atoms with Gasteiger partial charge in [-0.15, -0.1) is 0 Å². The van der Waals surface area contributed by atoms with Crippen molar-refractivity contribution in [1.82, 2.24) is 19.9 Å². The van der Waals surface area contributed by atoms with Crippen LogP contribution in [0.3, 0.4) is 0 Å². The Hall–Kier alpha value is -7.52. The summed E-state index contributed by atoms with van der Waals surface area (Å²) in [6, 6.07) is 28.0. The number of rotatable bonds is 1. The minimum Gasteiger partial charge on any atom is -0.244 e. The molecule has 2 heterocycles. The van der Waals surface area contributed by atoms with Gasteiger partial charge in [0, 0.05) is 33.9 Å². The van der Waals surface area contributed by atoms with Gasteiger partial charge in [-0.25, -0.2) is 19.9 Å². The lowest BCUT2D eigenvalue weighted by Gasteiger charge is -2.08. The van der Waals surface area contributed by atoms with Crippen LogP contribution in [0, 0.1) is 45.3 Å². The van der Waals surface area contributed by atoms with E-state index in [1.807, 2.05) is 60.7 Å². The third kappa shape index (κ3) is 4.00. The Balaban J connectivity index is 1.16. The molecule has 0 N–H and O–H groups in total. The molecule has 9 rings (SSSR count). The molecule has 0 unspecified atom stereocenters. The highest BCUT2D eigenvalue weighted by Crippen LogP contribution is 2.48. The molecule has 6 aromatic rings. The topological polar surface area (TPSA) is 147 Å². The highest BCUT2D eigenvalue weighted by Gasteiger charge is 2.28. The first-order valence-electron chi connectivity index (χ1n) is 15.4. The van der Waals surface area contributed by atoms with Crippen molar-refractivity contribution in [1.29, 1.82) is 21.0 Å². The highest BCUT2D eigenvalue weighted by molar-refractivity contribution is 6.17. The van der Waals surface area contributed by atoms with Crippen LogP contribution in [0.25, 0.3) is 77.6 Å². The van der Waals surface area contributed by atoms with Gasteiger partial charge in [0.15, 0.2) is 0 Å². The van der Waals surface area contributed by atoms with Gasteiger partial charge in [-0.1, -0.05) is 43.0 Å². The number of benzene rings is 4. The predicted octanol–water partition coefficient (Wildman–Crippen LogP) is 8.42. The summed E-state index contributed by atoms with van der Waals surface area (Å²) < 4.78 is 0. The molecule has 4 aromatic carbocycles. The zero-order valence-corrected chi connectivity index (χ0v) is 25.6. The second-order valence-corrected chi connectivity index (χ2v) is 12.0. The van der Waals surface area contributed by atoms with E-state index in [9.17, 15) is 21.0 Å². The van der Waals surface area contributed by atoms with Crippen LogP contribution in [0.15, 0.2) is 108 Å². The van der Waals surface area contributed by atoms with E-state index in [1.165, 1.54) is 0 Å². The van der Waals surface area contributed by atoms with E-state index in [2.05, 4.69) is 30.9 Å². The summed E-state index contributed by atoms with van der Waals surface area (Å²) in [5.74, 6) is 0. The van der Waals surface area contributed by atoms with Gasteiger partial charge in [0.1, 0.15) is 0 Å². The first kappa shape index (κ1) is 27.8. The fourth-order valence-electron chi connectivity index (χ4n) is 6.94. The van der Waals surface area contributed by atoms with E-state index in [4.69, 9.17) is 19.9 Å². The molecule has 0 fully saturated rings. The number of nitriles is 4. The Labute approximate surface area is 279 Å². The molecule has 0 saturated carbocycles. The largest absolute Gasteiger partial charge is 0.244 e. The van der Waals surface area contributed by atoms with Crippen molar-refractivity contribution < 1.29 is 0 Å². The van der Waals surface area contributed by atoms with Crippen molar-refractivity contribution in [2.45, 2.75) is 6.42 Å². The van der Waals surface area contributed by atoms with Gasteiger partial charge in [-0.2, -0.15) is 21.0 Å². The Morgan fingerprint density at radius 2 is 0.959 bits per heavy atom. The Morgan fingerprint density at radius 1 is 0.490 bits per heavy atom. The maximum Gasteiger partial charge on any atom is 0.0998 e. The number of aromatic nitrogens is 4. The maximum atomic E-state index is 9.78. The summed E-state index contributed by atoms with van der Waals surface area (Å²) in [5, 5.41) is 40.4. The molecule has 49 heavy (non-hydrogen) atoms. The van der Waals surface area contributed by atoms with Crippen molar-refractivity contribution in [3.63, 3.8) is 0 Å². The number of nitrogens with zero attached hydrogens (tertiary/aromatic N) is 8. The molecule has 0 spiro atoms. The van der Waals surface area contributed by atoms with Crippen molar-refractivity contribution in [3.8, 4) is 57.9 Å². The van der Waals surface area contributed by atoms with Crippen molar-refractivity contribution in [2.24, 2.45) is 0 Å². The van der Waals surface area contributed by atoms with E-state index in [1.54, 1.807) is 24.3 Å². The lowest BCUT2D eigenvalue weighted by molar-refractivity contribution is 1.24. The standard InChI is InChI=1S/C41H18N8/c1-21-26(17-42)4-2-24-14-25(3-5-27(21)18-43)39-38(24)46-32-12-8-22(15-34(32)48-39)23-9-13-33-35(16-23)49-41-31-11-7-29(20-45)36-28(19-44)6-10-30(37(31)36)40(41)47-33/h2-13,15-16H,1,14H2/b24-2+,25-3+,26-4-,27-5-. The Bertz CT molecular complexity index is 2890. The Kier molecular flexibility index (Phi) is 5.80. The molecule has 0 radical (unpaired) electrons. The molecular weight excluding hydrogens is 605 g/mol. The second-order valence-electron chi connectivity index (χ2n) is 12.0. The number of hydrogen-bond donors (Lipinski definition) is 0. The number of hydrogen-bond acceptors (Lipinski definition) is 8. The van der Waals surface area contributed by atoms with Crippen LogP contribution >= 0.6 is 0 Å². The van der Waals surface area contributed by atoms with Crippen LogP contribution in [-0.4, -0.2) is 19.9 Å². The smallest absolute Gasteiger partial charge is 0.0998 e. The van der Waals surface area contributed by atoms with Crippen LogP contribution in [0.5, 0.6) is 0 Å². The van der Waals surface area contributed by atoms with E-state index in [0.717, 1.165) is 83.6 Å². The summed E-state index contributed by atoms with van der Waals surface area (Å²) >= 11 is 0. The molecule has 8 nitrogen and oxygen atoms in total. The molecular formula is C41H18N8. The normalized spacial score (nSPS) is 18.3. The minimum absolute atomic E-state index is 0.325. The maximum absolute atomic E-state index is 9.78. The van der Waals surface area contributed by atoms with Crippen molar-refractivity contribution in [2.75, 3.05) is 0 Å².